The Hall–Kier alpha value is -3.25. The van der Waals surface area contributed by atoms with Gasteiger partial charge in [-0.3, -0.25) is 9.78 Å². The summed E-state index contributed by atoms with van der Waals surface area (Å²) in [7, 11) is 0. The van der Waals surface area contributed by atoms with Gasteiger partial charge in [-0.1, -0.05) is 11.6 Å². The molecule has 0 aliphatic carbocycles. The first-order chi connectivity index (χ1) is 13.2. The standard InChI is InChI=1S/C20H15ClN2O4/c21-17-11-13(12-18-19(17)26-10-9-25-18)20(24)23-14-1-3-15(4-2-14)27-16-5-7-22-8-6-16/h1-8,11-12H,9-10H2,(H,23,24). The normalized spacial score (nSPS) is 12.3. The van der Waals surface area contributed by atoms with Gasteiger partial charge in [0.1, 0.15) is 24.7 Å². The average Bonchev–Trinajstić information content (AvgIpc) is 2.70. The zero-order chi connectivity index (χ0) is 18.6. The van der Waals surface area contributed by atoms with E-state index < -0.39 is 0 Å². The molecule has 2 heterocycles. The molecule has 6 nitrogen and oxygen atoms in total. The van der Waals surface area contributed by atoms with Gasteiger partial charge in [-0.2, -0.15) is 0 Å². The summed E-state index contributed by atoms with van der Waals surface area (Å²) in [4.78, 5) is 16.5. The highest BCUT2D eigenvalue weighted by Gasteiger charge is 2.19. The van der Waals surface area contributed by atoms with Crippen molar-refractivity contribution < 1.29 is 19.0 Å². The van der Waals surface area contributed by atoms with Gasteiger partial charge >= 0.3 is 0 Å². The predicted molar refractivity (Wildman–Crippen MR) is 101 cm³/mol. The van der Waals surface area contributed by atoms with Crippen LogP contribution < -0.4 is 19.5 Å². The number of aromatic nitrogens is 1. The molecular formula is C20H15ClN2O4. The predicted octanol–water partition coefficient (Wildman–Crippen LogP) is 4.55. The van der Waals surface area contributed by atoms with Crippen LogP contribution in [0.3, 0.4) is 0 Å². The van der Waals surface area contributed by atoms with E-state index in [4.69, 9.17) is 25.8 Å². The quantitative estimate of drug-likeness (QED) is 0.716. The molecule has 0 bridgehead atoms. The monoisotopic (exact) mass is 382 g/mol. The Balaban J connectivity index is 1.46. The number of rotatable bonds is 4. The number of hydrogen-bond donors (Lipinski definition) is 1. The average molecular weight is 383 g/mol. The molecule has 1 N–H and O–H groups in total. The topological polar surface area (TPSA) is 69.7 Å². The summed E-state index contributed by atoms with van der Waals surface area (Å²) >= 11 is 6.19. The zero-order valence-corrected chi connectivity index (χ0v) is 14.9. The largest absolute Gasteiger partial charge is 0.486 e. The van der Waals surface area contributed by atoms with Gasteiger partial charge in [0.15, 0.2) is 11.5 Å². The van der Waals surface area contributed by atoms with E-state index in [1.54, 1.807) is 60.9 Å². The maximum Gasteiger partial charge on any atom is 0.255 e. The molecule has 0 saturated carbocycles. The Kier molecular flexibility index (Phi) is 4.80. The Morgan fingerprint density at radius 3 is 2.48 bits per heavy atom. The lowest BCUT2D eigenvalue weighted by Gasteiger charge is -2.20. The van der Waals surface area contributed by atoms with Crippen LogP contribution >= 0.6 is 11.6 Å². The first kappa shape index (κ1) is 17.2. The number of nitrogens with zero attached hydrogens (tertiary/aromatic N) is 1. The number of ether oxygens (including phenoxy) is 3. The smallest absolute Gasteiger partial charge is 0.255 e. The number of hydrogen-bond acceptors (Lipinski definition) is 5. The van der Waals surface area contributed by atoms with Crippen LogP contribution in [-0.2, 0) is 0 Å². The SMILES string of the molecule is O=C(Nc1ccc(Oc2ccncc2)cc1)c1cc(Cl)c2c(c1)OCCO2. The van der Waals surface area contributed by atoms with Crippen molar-refractivity contribution in [2.45, 2.75) is 0 Å². The second kappa shape index (κ2) is 7.55. The molecule has 7 heteroatoms. The van der Waals surface area contributed by atoms with Crippen molar-refractivity contribution in [1.82, 2.24) is 4.98 Å². The highest BCUT2D eigenvalue weighted by Crippen LogP contribution is 2.38. The van der Waals surface area contributed by atoms with E-state index in [-0.39, 0.29) is 5.91 Å². The molecule has 27 heavy (non-hydrogen) atoms. The summed E-state index contributed by atoms with van der Waals surface area (Å²) < 4.78 is 16.7. The van der Waals surface area contributed by atoms with E-state index in [0.29, 0.717) is 52.5 Å². The van der Waals surface area contributed by atoms with Crippen molar-refractivity contribution in [3.8, 4) is 23.0 Å². The minimum absolute atomic E-state index is 0.295. The van der Waals surface area contributed by atoms with E-state index >= 15 is 0 Å². The van der Waals surface area contributed by atoms with Crippen LogP contribution in [-0.4, -0.2) is 24.1 Å². The molecule has 1 aromatic heterocycles. The Labute approximate surface area is 160 Å². The molecule has 2 aromatic carbocycles. The number of carbonyl (C=O) groups is 1. The number of pyridine rings is 1. The number of fused-ring (bicyclic) bond motifs is 1. The van der Waals surface area contributed by atoms with Gasteiger partial charge in [-0.25, -0.2) is 0 Å². The first-order valence-electron chi connectivity index (χ1n) is 8.27. The van der Waals surface area contributed by atoms with Gasteiger partial charge < -0.3 is 19.5 Å². The molecule has 0 radical (unpaired) electrons. The van der Waals surface area contributed by atoms with Crippen LogP contribution in [0, 0.1) is 0 Å². The van der Waals surface area contributed by atoms with Crippen molar-refractivity contribution in [2.75, 3.05) is 18.5 Å². The fraction of sp³-hybridized carbons (Fsp3) is 0.100. The molecule has 0 fully saturated rings. The molecule has 0 unspecified atom stereocenters. The summed E-state index contributed by atoms with van der Waals surface area (Å²) in [5.41, 5.74) is 1.02. The molecule has 3 aromatic rings. The Morgan fingerprint density at radius 1 is 1.00 bits per heavy atom. The molecular weight excluding hydrogens is 368 g/mol. The fourth-order valence-electron chi connectivity index (χ4n) is 2.59. The number of nitrogens with one attached hydrogen (secondary N) is 1. The summed E-state index contributed by atoms with van der Waals surface area (Å²) in [6, 6.07) is 13.8. The van der Waals surface area contributed by atoms with Crippen LogP contribution in [0.25, 0.3) is 0 Å². The van der Waals surface area contributed by atoms with Crippen LogP contribution in [0.15, 0.2) is 60.9 Å². The Morgan fingerprint density at radius 2 is 1.70 bits per heavy atom. The molecule has 1 aliphatic rings. The molecule has 0 atom stereocenters. The van der Waals surface area contributed by atoms with E-state index in [1.807, 2.05) is 0 Å². The van der Waals surface area contributed by atoms with E-state index in [0.717, 1.165) is 0 Å². The fourth-order valence-corrected chi connectivity index (χ4v) is 2.86. The molecule has 1 amide bonds. The second-order valence-electron chi connectivity index (χ2n) is 5.75. The van der Waals surface area contributed by atoms with Crippen LogP contribution in [0.2, 0.25) is 5.02 Å². The lowest BCUT2D eigenvalue weighted by atomic mass is 10.1. The van der Waals surface area contributed by atoms with Crippen molar-refractivity contribution in [3.05, 3.63) is 71.5 Å². The third kappa shape index (κ3) is 3.96. The van der Waals surface area contributed by atoms with E-state index in [9.17, 15) is 4.79 Å². The number of benzene rings is 2. The number of anilines is 1. The highest BCUT2D eigenvalue weighted by atomic mass is 35.5. The van der Waals surface area contributed by atoms with Crippen LogP contribution in [0.5, 0.6) is 23.0 Å². The lowest BCUT2D eigenvalue weighted by molar-refractivity contribution is 0.102. The van der Waals surface area contributed by atoms with Crippen molar-refractivity contribution >= 4 is 23.2 Å². The minimum atomic E-state index is -0.295. The number of halogens is 1. The summed E-state index contributed by atoms with van der Waals surface area (Å²) in [5.74, 6) is 1.99. The van der Waals surface area contributed by atoms with Crippen molar-refractivity contribution in [2.24, 2.45) is 0 Å². The van der Waals surface area contributed by atoms with E-state index in [2.05, 4.69) is 10.3 Å². The minimum Gasteiger partial charge on any atom is -0.486 e. The summed E-state index contributed by atoms with van der Waals surface area (Å²) in [6.07, 6.45) is 3.31. The number of amides is 1. The van der Waals surface area contributed by atoms with Gasteiger partial charge in [0.25, 0.3) is 5.91 Å². The summed E-state index contributed by atoms with van der Waals surface area (Å²) in [5, 5.41) is 3.17. The van der Waals surface area contributed by atoms with Gasteiger partial charge in [0.2, 0.25) is 0 Å². The zero-order valence-electron chi connectivity index (χ0n) is 14.1. The van der Waals surface area contributed by atoms with Crippen LogP contribution in [0.1, 0.15) is 10.4 Å². The molecule has 0 spiro atoms. The Bertz CT molecular complexity index is 962. The van der Waals surface area contributed by atoms with Crippen molar-refractivity contribution in [3.63, 3.8) is 0 Å². The third-order valence-electron chi connectivity index (χ3n) is 3.86. The van der Waals surface area contributed by atoms with E-state index in [1.165, 1.54) is 0 Å². The maximum absolute atomic E-state index is 12.5. The molecule has 0 saturated heterocycles. The van der Waals surface area contributed by atoms with Gasteiger partial charge in [0, 0.05) is 23.6 Å². The van der Waals surface area contributed by atoms with Gasteiger partial charge in [-0.05, 0) is 48.5 Å². The van der Waals surface area contributed by atoms with Crippen LogP contribution in [0.4, 0.5) is 5.69 Å². The van der Waals surface area contributed by atoms with Gasteiger partial charge in [-0.15, -0.1) is 0 Å². The highest BCUT2D eigenvalue weighted by molar-refractivity contribution is 6.32. The van der Waals surface area contributed by atoms with Crippen molar-refractivity contribution in [1.29, 1.82) is 0 Å². The van der Waals surface area contributed by atoms with Gasteiger partial charge in [0.05, 0.1) is 5.02 Å². The molecule has 1 aliphatic heterocycles. The first-order valence-corrected chi connectivity index (χ1v) is 8.65. The lowest BCUT2D eigenvalue weighted by Crippen LogP contribution is -2.17. The molecule has 136 valence electrons. The second-order valence-corrected chi connectivity index (χ2v) is 6.15. The summed E-state index contributed by atoms with van der Waals surface area (Å²) in [6.45, 7) is 0.861. The number of carbonyl (C=O) groups excluding carboxylic acids is 1. The molecule has 4 rings (SSSR count). The third-order valence-corrected chi connectivity index (χ3v) is 4.14. The maximum atomic E-state index is 12.5.